The molecular formula is C19H23NO2S. The Labute approximate surface area is 141 Å². The fourth-order valence-corrected chi connectivity index (χ4v) is 4.26. The van der Waals surface area contributed by atoms with Crippen LogP contribution in [0.25, 0.3) is 0 Å². The van der Waals surface area contributed by atoms with E-state index in [0.29, 0.717) is 12.5 Å². The van der Waals surface area contributed by atoms with Crippen molar-refractivity contribution in [3.63, 3.8) is 0 Å². The minimum atomic E-state index is -0.0638. The van der Waals surface area contributed by atoms with Crippen molar-refractivity contribution in [1.29, 1.82) is 0 Å². The molecule has 1 aromatic heterocycles. The van der Waals surface area contributed by atoms with Crippen molar-refractivity contribution in [1.82, 2.24) is 4.90 Å². The van der Waals surface area contributed by atoms with E-state index >= 15 is 0 Å². The molecule has 2 atom stereocenters. The van der Waals surface area contributed by atoms with E-state index in [1.165, 1.54) is 10.4 Å². The molecule has 3 rings (SSSR count). The van der Waals surface area contributed by atoms with Crippen molar-refractivity contribution < 1.29 is 9.53 Å². The van der Waals surface area contributed by atoms with Gasteiger partial charge in [0.15, 0.2) is 0 Å². The number of piperidine rings is 1. The summed E-state index contributed by atoms with van der Waals surface area (Å²) in [6, 6.07) is 14.7. The molecule has 1 unspecified atom stereocenters. The molecule has 0 aliphatic carbocycles. The number of carbonyl (C=O) groups is 1. The Morgan fingerprint density at radius 3 is 2.78 bits per heavy atom. The van der Waals surface area contributed by atoms with Crippen LogP contribution in [0.1, 0.15) is 29.7 Å². The summed E-state index contributed by atoms with van der Waals surface area (Å²) in [4.78, 5) is 16.1. The van der Waals surface area contributed by atoms with E-state index < -0.39 is 0 Å². The highest BCUT2D eigenvalue weighted by molar-refractivity contribution is 7.10. The maximum Gasteiger partial charge on any atom is 0.310 e. The minimum absolute atomic E-state index is 0.0522. The zero-order valence-corrected chi connectivity index (χ0v) is 14.3. The largest absolute Gasteiger partial charge is 0.466 e. The van der Waals surface area contributed by atoms with E-state index in [-0.39, 0.29) is 11.9 Å². The Hall–Kier alpha value is -1.65. The van der Waals surface area contributed by atoms with Gasteiger partial charge in [0.25, 0.3) is 0 Å². The Morgan fingerprint density at radius 2 is 2.09 bits per heavy atom. The number of ether oxygens (including phenoxy) is 1. The molecule has 1 aliphatic rings. The van der Waals surface area contributed by atoms with Gasteiger partial charge in [-0.05, 0) is 36.9 Å². The topological polar surface area (TPSA) is 29.5 Å². The molecule has 2 heterocycles. The Bertz CT molecular complexity index is 612. The first kappa shape index (κ1) is 16.2. The van der Waals surface area contributed by atoms with Crippen molar-refractivity contribution in [3.05, 3.63) is 58.3 Å². The predicted octanol–water partition coefficient (Wildman–Crippen LogP) is 3.92. The van der Waals surface area contributed by atoms with Crippen LogP contribution in [0.4, 0.5) is 0 Å². The first-order valence-electron chi connectivity index (χ1n) is 8.24. The number of carbonyl (C=O) groups excluding carboxylic acids is 1. The van der Waals surface area contributed by atoms with Crippen LogP contribution in [0.3, 0.4) is 0 Å². The summed E-state index contributed by atoms with van der Waals surface area (Å²) in [5.41, 5.74) is 1.30. The fraction of sp³-hybridized carbons (Fsp3) is 0.421. The van der Waals surface area contributed by atoms with Gasteiger partial charge in [-0.25, -0.2) is 0 Å². The van der Waals surface area contributed by atoms with E-state index in [1.54, 1.807) is 11.3 Å². The number of hydrogen-bond donors (Lipinski definition) is 0. The van der Waals surface area contributed by atoms with Crippen LogP contribution in [-0.4, -0.2) is 30.6 Å². The standard InChI is InChI=1S/C19H23NO2S/c1-2-22-19(21)17-14-20(13-15-7-4-3-5-8-15)11-10-16(17)18-9-6-12-23-18/h3-9,12,16-17H,2,10-11,13-14H2,1H3/t16-,17?/m0/s1. The molecule has 0 N–H and O–H groups in total. The number of benzene rings is 1. The predicted molar refractivity (Wildman–Crippen MR) is 93.5 cm³/mol. The summed E-state index contributed by atoms with van der Waals surface area (Å²) < 4.78 is 5.35. The van der Waals surface area contributed by atoms with E-state index in [2.05, 4.69) is 46.7 Å². The number of nitrogens with zero attached hydrogens (tertiary/aromatic N) is 1. The lowest BCUT2D eigenvalue weighted by Crippen LogP contribution is -2.43. The molecular weight excluding hydrogens is 306 g/mol. The van der Waals surface area contributed by atoms with E-state index in [0.717, 1.165) is 26.1 Å². The molecule has 0 amide bonds. The lowest BCUT2D eigenvalue weighted by molar-refractivity contribution is -0.150. The molecule has 1 aromatic carbocycles. The van der Waals surface area contributed by atoms with Crippen LogP contribution in [0.2, 0.25) is 0 Å². The zero-order chi connectivity index (χ0) is 16.1. The van der Waals surface area contributed by atoms with Crippen molar-refractivity contribution in [2.75, 3.05) is 19.7 Å². The Morgan fingerprint density at radius 1 is 1.26 bits per heavy atom. The van der Waals surface area contributed by atoms with E-state index in [9.17, 15) is 4.79 Å². The van der Waals surface area contributed by atoms with E-state index in [4.69, 9.17) is 4.74 Å². The lowest BCUT2D eigenvalue weighted by atomic mass is 9.84. The molecule has 1 aliphatic heterocycles. The molecule has 0 bridgehead atoms. The fourth-order valence-electron chi connectivity index (χ4n) is 3.34. The molecule has 0 spiro atoms. The van der Waals surface area contributed by atoms with Crippen LogP contribution >= 0.6 is 11.3 Å². The van der Waals surface area contributed by atoms with Gasteiger partial charge in [-0.2, -0.15) is 0 Å². The molecule has 0 saturated carbocycles. The first-order valence-corrected chi connectivity index (χ1v) is 9.12. The van der Waals surface area contributed by atoms with Crippen LogP contribution in [0.5, 0.6) is 0 Å². The highest BCUT2D eigenvalue weighted by Gasteiger charge is 2.36. The third-order valence-electron chi connectivity index (χ3n) is 4.44. The van der Waals surface area contributed by atoms with Gasteiger partial charge in [-0.1, -0.05) is 36.4 Å². The SMILES string of the molecule is CCOC(=O)C1CN(Cc2ccccc2)CC[C@@H]1c1cccs1. The van der Waals surface area contributed by atoms with Crippen LogP contribution in [0.15, 0.2) is 47.8 Å². The van der Waals surface area contributed by atoms with Gasteiger partial charge in [0.1, 0.15) is 0 Å². The smallest absolute Gasteiger partial charge is 0.310 e. The Kier molecular flexibility index (Phi) is 5.47. The van der Waals surface area contributed by atoms with Gasteiger partial charge < -0.3 is 4.74 Å². The van der Waals surface area contributed by atoms with Gasteiger partial charge in [0.05, 0.1) is 12.5 Å². The van der Waals surface area contributed by atoms with Gasteiger partial charge in [0, 0.05) is 23.9 Å². The number of hydrogen-bond acceptors (Lipinski definition) is 4. The lowest BCUT2D eigenvalue weighted by Gasteiger charge is -2.37. The molecule has 2 aromatic rings. The van der Waals surface area contributed by atoms with Gasteiger partial charge in [-0.3, -0.25) is 9.69 Å². The second-order valence-corrected chi connectivity index (χ2v) is 6.97. The number of thiophene rings is 1. The molecule has 1 fully saturated rings. The maximum absolute atomic E-state index is 12.5. The summed E-state index contributed by atoms with van der Waals surface area (Å²) in [5.74, 6) is 0.177. The molecule has 1 saturated heterocycles. The number of rotatable bonds is 5. The van der Waals surface area contributed by atoms with Crippen molar-refractivity contribution >= 4 is 17.3 Å². The summed E-state index contributed by atoms with van der Waals surface area (Å²) >= 11 is 1.75. The van der Waals surface area contributed by atoms with Crippen LogP contribution < -0.4 is 0 Å². The van der Waals surface area contributed by atoms with Gasteiger partial charge >= 0.3 is 5.97 Å². The van der Waals surface area contributed by atoms with Crippen LogP contribution in [0, 0.1) is 5.92 Å². The summed E-state index contributed by atoms with van der Waals surface area (Å²) in [7, 11) is 0. The van der Waals surface area contributed by atoms with Crippen molar-refractivity contribution in [2.24, 2.45) is 5.92 Å². The molecule has 122 valence electrons. The minimum Gasteiger partial charge on any atom is -0.466 e. The number of esters is 1. The maximum atomic E-state index is 12.5. The van der Waals surface area contributed by atoms with Crippen molar-refractivity contribution in [2.45, 2.75) is 25.8 Å². The summed E-state index contributed by atoms with van der Waals surface area (Å²) in [6.07, 6.45) is 1.01. The molecule has 0 radical (unpaired) electrons. The average molecular weight is 329 g/mol. The second kappa shape index (κ2) is 7.75. The summed E-state index contributed by atoms with van der Waals surface area (Å²) in [6.45, 7) is 5.02. The second-order valence-electron chi connectivity index (χ2n) is 5.99. The Balaban J connectivity index is 1.72. The average Bonchev–Trinajstić information content (AvgIpc) is 3.10. The quantitative estimate of drug-likeness (QED) is 0.779. The van der Waals surface area contributed by atoms with Gasteiger partial charge in [-0.15, -0.1) is 11.3 Å². The summed E-state index contributed by atoms with van der Waals surface area (Å²) in [5, 5.41) is 2.09. The van der Waals surface area contributed by atoms with Crippen LogP contribution in [-0.2, 0) is 16.1 Å². The third-order valence-corrected chi connectivity index (χ3v) is 5.45. The molecule has 4 heteroatoms. The highest BCUT2D eigenvalue weighted by atomic mass is 32.1. The zero-order valence-electron chi connectivity index (χ0n) is 13.5. The number of likely N-dealkylation sites (tertiary alicyclic amines) is 1. The normalized spacial score (nSPS) is 22.0. The molecule has 3 nitrogen and oxygen atoms in total. The van der Waals surface area contributed by atoms with Gasteiger partial charge in [0.2, 0.25) is 0 Å². The van der Waals surface area contributed by atoms with Crippen molar-refractivity contribution in [3.8, 4) is 0 Å². The monoisotopic (exact) mass is 329 g/mol. The first-order chi connectivity index (χ1) is 11.3. The van der Waals surface area contributed by atoms with E-state index in [1.807, 2.05) is 13.0 Å². The highest BCUT2D eigenvalue weighted by Crippen LogP contribution is 2.36. The molecule has 23 heavy (non-hydrogen) atoms. The third kappa shape index (κ3) is 4.01.